The van der Waals surface area contributed by atoms with Crippen molar-refractivity contribution < 1.29 is 23.9 Å². The van der Waals surface area contributed by atoms with Gasteiger partial charge in [0.2, 0.25) is 0 Å². The third kappa shape index (κ3) is 5.50. The Balaban J connectivity index is 1.61. The number of hydrogen-bond donors (Lipinski definition) is 1. The summed E-state index contributed by atoms with van der Waals surface area (Å²) in [4.78, 5) is 34.8. The van der Waals surface area contributed by atoms with E-state index in [4.69, 9.17) is 26.9 Å². The summed E-state index contributed by atoms with van der Waals surface area (Å²) >= 11 is 6.94. The number of hydrazine groups is 1. The van der Waals surface area contributed by atoms with E-state index in [-0.39, 0.29) is 6.61 Å². The van der Waals surface area contributed by atoms with Crippen molar-refractivity contribution in [2.24, 2.45) is 5.84 Å². The minimum absolute atomic E-state index is 0.118. The number of nitrogens with zero attached hydrogens (tertiary/aromatic N) is 1. The number of amides is 2. The molecule has 0 aromatic heterocycles. The van der Waals surface area contributed by atoms with Gasteiger partial charge in [-0.1, -0.05) is 35.9 Å². The van der Waals surface area contributed by atoms with Crippen LogP contribution in [-0.4, -0.2) is 34.0 Å². The van der Waals surface area contributed by atoms with Gasteiger partial charge >= 0.3 is 11.2 Å². The zero-order chi connectivity index (χ0) is 21.0. The molecule has 0 spiro atoms. The maximum atomic E-state index is 11.9. The van der Waals surface area contributed by atoms with Gasteiger partial charge in [-0.05, 0) is 53.6 Å². The zero-order valence-corrected chi connectivity index (χ0v) is 17.1. The van der Waals surface area contributed by atoms with Crippen LogP contribution in [0.4, 0.5) is 4.79 Å². The fraction of sp³-hybridized carbons (Fsp3) is 0.250. The quantitative estimate of drug-likeness (QED) is 0.404. The molecule has 1 unspecified atom stereocenters. The lowest BCUT2D eigenvalue weighted by Gasteiger charge is -2.18. The monoisotopic (exact) mass is 434 g/mol. The van der Waals surface area contributed by atoms with E-state index in [1.807, 2.05) is 18.2 Å². The van der Waals surface area contributed by atoms with Crippen molar-refractivity contribution in [3.05, 3.63) is 64.7 Å². The summed E-state index contributed by atoms with van der Waals surface area (Å²) in [5.41, 5.74) is 1.61. The second-order valence-electron chi connectivity index (χ2n) is 6.39. The molecule has 1 fully saturated rings. The van der Waals surface area contributed by atoms with Crippen LogP contribution >= 0.6 is 23.4 Å². The summed E-state index contributed by atoms with van der Waals surface area (Å²) in [5.74, 6) is 5.16. The summed E-state index contributed by atoms with van der Waals surface area (Å²) < 4.78 is 11.1. The number of rotatable bonds is 7. The summed E-state index contributed by atoms with van der Waals surface area (Å²) in [5, 5.41) is 0.225. The van der Waals surface area contributed by atoms with Crippen LogP contribution in [0.5, 0.6) is 5.75 Å². The molecule has 1 aliphatic heterocycles. The second kappa shape index (κ2) is 9.30. The Morgan fingerprint density at radius 2 is 1.97 bits per heavy atom. The molecule has 152 valence electrons. The van der Waals surface area contributed by atoms with Crippen LogP contribution < -0.4 is 10.6 Å². The predicted octanol–water partition coefficient (Wildman–Crippen LogP) is 3.50. The van der Waals surface area contributed by atoms with Crippen molar-refractivity contribution in [1.82, 2.24) is 5.01 Å². The zero-order valence-electron chi connectivity index (χ0n) is 15.5. The highest BCUT2D eigenvalue weighted by molar-refractivity contribution is 8.15. The molecule has 1 saturated heterocycles. The molecular formula is C20H19ClN2O5S. The van der Waals surface area contributed by atoms with Gasteiger partial charge in [0.25, 0.3) is 5.91 Å². The number of nitrogens with two attached hydrogens (primary N) is 1. The Morgan fingerprint density at radius 3 is 2.55 bits per heavy atom. The van der Waals surface area contributed by atoms with Gasteiger partial charge in [-0.25, -0.2) is 10.9 Å². The third-order valence-corrected chi connectivity index (χ3v) is 5.51. The highest BCUT2D eigenvalue weighted by Gasteiger charge is 2.37. The van der Waals surface area contributed by atoms with Gasteiger partial charge in [0, 0.05) is 11.9 Å². The van der Waals surface area contributed by atoms with Gasteiger partial charge in [0.05, 0.1) is 5.25 Å². The predicted molar refractivity (Wildman–Crippen MR) is 109 cm³/mol. The van der Waals surface area contributed by atoms with Crippen molar-refractivity contribution in [2.45, 2.75) is 24.7 Å². The molecule has 3 rings (SSSR count). The van der Waals surface area contributed by atoms with Crippen molar-refractivity contribution in [3.8, 4) is 5.75 Å². The number of hydrogen-bond acceptors (Lipinski definition) is 7. The molecule has 2 aromatic carbocycles. The van der Waals surface area contributed by atoms with E-state index >= 15 is 0 Å². The molecule has 9 heteroatoms. The van der Waals surface area contributed by atoms with Gasteiger partial charge in [0.1, 0.15) is 12.4 Å². The van der Waals surface area contributed by atoms with Gasteiger partial charge in [-0.3, -0.25) is 14.4 Å². The Morgan fingerprint density at radius 1 is 1.24 bits per heavy atom. The standard InChI is InChI=1S/C20H19ClN2O5S/c1-12(24)28-17(14-3-2-4-15(21)10-14)11-27-16-7-5-13(6-8-16)9-18-19(25)23(22)20(26)29-18/h2-8,10,17-18H,9,11,22H2,1H3/t17-,18?/m1/s1. The van der Waals surface area contributed by atoms with Crippen LogP contribution in [0.25, 0.3) is 0 Å². The van der Waals surface area contributed by atoms with Crippen molar-refractivity contribution in [2.75, 3.05) is 6.61 Å². The van der Waals surface area contributed by atoms with Crippen molar-refractivity contribution in [1.29, 1.82) is 0 Å². The van der Waals surface area contributed by atoms with Gasteiger partial charge in [-0.2, -0.15) is 0 Å². The maximum Gasteiger partial charge on any atom is 0.303 e. The van der Waals surface area contributed by atoms with Gasteiger partial charge in [0.15, 0.2) is 6.10 Å². The number of benzene rings is 2. The molecule has 2 amide bonds. The topological polar surface area (TPSA) is 98.9 Å². The number of thioether (sulfide) groups is 1. The molecule has 1 heterocycles. The molecule has 0 bridgehead atoms. The van der Waals surface area contributed by atoms with E-state index in [1.165, 1.54) is 6.92 Å². The Bertz CT molecular complexity index is 921. The highest BCUT2D eigenvalue weighted by Crippen LogP contribution is 2.28. The van der Waals surface area contributed by atoms with E-state index in [2.05, 4.69) is 0 Å². The van der Waals surface area contributed by atoms with Crippen LogP contribution in [0, 0.1) is 0 Å². The molecule has 2 aromatic rings. The molecule has 1 aliphatic rings. The molecule has 7 nitrogen and oxygen atoms in total. The second-order valence-corrected chi connectivity index (χ2v) is 7.98. The number of halogens is 1. The molecule has 0 radical (unpaired) electrons. The average molecular weight is 435 g/mol. The molecule has 29 heavy (non-hydrogen) atoms. The number of ether oxygens (including phenoxy) is 2. The van der Waals surface area contributed by atoms with Crippen molar-refractivity contribution >= 4 is 40.5 Å². The summed E-state index contributed by atoms with van der Waals surface area (Å²) in [6.07, 6.45) is -0.207. The first-order valence-electron chi connectivity index (χ1n) is 8.77. The van der Waals surface area contributed by atoms with E-state index in [1.54, 1.807) is 30.3 Å². The van der Waals surface area contributed by atoms with Crippen LogP contribution in [0.1, 0.15) is 24.2 Å². The molecule has 0 saturated carbocycles. The number of carbonyl (C=O) groups is 3. The van der Waals surface area contributed by atoms with E-state index < -0.39 is 28.5 Å². The average Bonchev–Trinajstić information content (AvgIpc) is 2.92. The summed E-state index contributed by atoms with van der Waals surface area (Å²) in [6, 6.07) is 14.2. The lowest BCUT2D eigenvalue weighted by Crippen LogP contribution is -2.37. The maximum absolute atomic E-state index is 11.9. The Labute approximate surface area is 177 Å². The minimum atomic E-state index is -0.597. The van der Waals surface area contributed by atoms with Gasteiger partial charge < -0.3 is 9.47 Å². The van der Waals surface area contributed by atoms with Crippen LogP contribution in [-0.2, 0) is 20.7 Å². The first kappa shape index (κ1) is 21.2. The van der Waals surface area contributed by atoms with Crippen LogP contribution in [0.2, 0.25) is 5.02 Å². The smallest absolute Gasteiger partial charge is 0.303 e. The summed E-state index contributed by atoms with van der Waals surface area (Å²) in [6.45, 7) is 1.45. The number of esters is 1. The SMILES string of the molecule is CC(=O)O[C@H](COc1ccc(CC2SC(=O)N(N)C2=O)cc1)c1cccc(Cl)c1. The molecule has 0 aliphatic carbocycles. The lowest BCUT2D eigenvalue weighted by atomic mass is 10.1. The summed E-state index contributed by atoms with van der Waals surface area (Å²) in [7, 11) is 0. The molecule has 2 atom stereocenters. The fourth-order valence-electron chi connectivity index (χ4n) is 2.82. The van der Waals surface area contributed by atoms with E-state index in [9.17, 15) is 14.4 Å². The Kier molecular flexibility index (Phi) is 6.79. The molecule has 2 N–H and O–H groups in total. The number of carbonyl (C=O) groups excluding carboxylic acids is 3. The largest absolute Gasteiger partial charge is 0.489 e. The van der Waals surface area contributed by atoms with E-state index in [0.29, 0.717) is 22.2 Å². The normalized spacial score (nSPS) is 17.3. The number of imide groups is 1. The lowest BCUT2D eigenvalue weighted by molar-refractivity contribution is -0.148. The van der Waals surface area contributed by atoms with Crippen LogP contribution in [0.15, 0.2) is 48.5 Å². The van der Waals surface area contributed by atoms with Crippen molar-refractivity contribution in [3.63, 3.8) is 0 Å². The molecular weight excluding hydrogens is 416 g/mol. The minimum Gasteiger partial charge on any atom is -0.489 e. The fourth-order valence-corrected chi connectivity index (χ4v) is 3.95. The Hall–Kier alpha value is -2.55. The van der Waals surface area contributed by atoms with Gasteiger partial charge in [-0.15, -0.1) is 0 Å². The van der Waals surface area contributed by atoms with E-state index in [0.717, 1.165) is 22.9 Å². The third-order valence-electron chi connectivity index (χ3n) is 4.23. The highest BCUT2D eigenvalue weighted by atomic mass is 35.5. The first-order valence-corrected chi connectivity index (χ1v) is 10.0. The first-order chi connectivity index (χ1) is 13.8. The van der Waals surface area contributed by atoms with Crippen LogP contribution in [0.3, 0.4) is 0 Å².